The number of benzene rings is 1. The van der Waals surface area contributed by atoms with E-state index in [9.17, 15) is 19.6 Å². The van der Waals surface area contributed by atoms with E-state index < -0.39 is 11.4 Å². The van der Waals surface area contributed by atoms with Gasteiger partial charge in [0.2, 0.25) is 0 Å². The number of amides is 1. The minimum atomic E-state index is -0.712. The first-order valence-electron chi connectivity index (χ1n) is 10.7. The highest BCUT2D eigenvalue weighted by atomic mass is 19.1. The van der Waals surface area contributed by atoms with Gasteiger partial charge in [0.1, 0.15) is 5.82 Å². The molecule has 7 nitrogen and oxygen atoms in total. The van der Waals surface area contributed by atoms with Crippen LogP contribution in [0.25, 0.3) is 16.9 Å². The van der Waals surface area contributed by atoms with Crippen LogP contribution >= 0.6 is 0 Å². The molecule has 32 heavy (non-hydrogen) atoms. The zero-order valence-corrected chi connectivity index (χ0v) is 17.6. The molecule has 1 aliphatic heterocycles. The number of aromatic nitrogens is 3. The van der Waals surface area contributed by atoms with Crippen molar-refractivity contribution in [1.29, 1.82) is 5.26 Å². The van der Waals surface area contributed by atoms with Crippen molar-refractivity contribution in [3.05, 3.63) is 64.9 Å². The Morgan fingerprint density at radius 1 is 1.34 bits per heavy atom. The molecule has 0 radical (unpaired) electrons. The Kier molecular flexibility index (Phi) is 4.79. The normalized spacial score (nSPS) is 22.3. The third-order valence-corrected chi connectivity index (χ3v) is 6.34. The van der Waals surface area contributed by atoms with Crippen LogP contribution in [-0.4, -0.2) is 31.4 Å². The van der Waals surface area contributed by atoms with Gasteiger partial charge in [0.05, 0.1) is 57.7 Å². The highest BCUT2D eigenvalue weighted by molar-refractivity contribution is 6.01. The van der Waals surface area contributed by atoms with Gasteiger partial charge in [0, 0.05) is 12.1 Å². The molecule has 2 unspecified atom stereocenters. The van der Waals surface area contributed by atoms with E-state index in [4.69, 9.17) is 5.10 Å². The van der Waals surface area contributed by atoms with Gasteiger partial charge in [-0.3, -0.25) is 4.79 Å². The summed E-state index contributed by atoms with van der Waals surface area (Å²) in [5.74, 6) is -0.689. The summed E-state index contributed by atoms with van der Waals surface area (Å²) in [7, 11) is 0. The molecule has 2 aromatic heterocycles. The Morgan fingerprint density at radius 3 is 2.97 bits per heavy atom. The predicted molar refractivity (Wildman–Crippen MR) is 114 cm³/mol. The van der Waals surface area contributed by atoms with Crippen molar-refractivity contribution in [2.24, 2.45) is 0 Å². The number of pyridine rings is 1. The molecule has 2 atom stereocenters. The summed E-state index contributed by atoms with van der Waals surface area (Å²) in [5.41, 5.74) is 2.07. The molecule has 3 heterocycles. The molecule has 1 aliphatic carbocycles. The number of nitriles is 1. The van der Waals surface area contributed by atoms with Gasteiger partial charge < -0.3 is 10.4 Å². The van der Waals surface area contributed by atoms with Crippen molar-refractivity contribution in [2.75, 3.05) is 0 Å². The predicted octanol–water partition coefficient (Wildman–Crippen LogP) is 3.60. The molecule has 0 spiro atoms. The van der Waals surface area contributed by atoms with Gasteiger partial charge in [-0.25, -0.2) is 14.1 Å². The largest absolute Gasteiger partial charge is 0.390 e. The lowest BCUT2D eigenvalue weighted by molar-refractivity contribution is 0.0139. The SMILES string of the molecule is CC1(O)CCCC(c2ccn(-c3cc(-c4c(F)cccc4C#N)nc4c3C(=O)NC4)n2)C1. The van der Waals surface area contributed by atoms with Crippen LogP contribution in [0.1, 0.15) is 65.8 Å². The van der Waals surface area contributed by atoms with E-state index in [1.54, 1.807) is 16.9 Å². The lowest BCUT2D eigenvalue weighted by atomic mass is 9.78. The number of carbonyl (C=O) groups excluding carboxylic acids is 1. The van der Waals surface area contributed by atoms with Gasteiger partial charge in [-0.2, -0.15) is 10.4 Å². The molecule has 0 bridgehead atoms. The van der Waals surface area contributed by atoms with Crippen molar-refractivity contribution in [3.63, 3.8) is 0 Å². The fourth-order valence-corrected chi connectivity index (χ4v) is 4.80. The van der Waals surface area contributed by atoms with E-state index in [0.29, 0.717) is 23.4 Å². The maximum Gasteiger partial charge on any atom is 0.255 e. The summed E-state index contributed by atoms with van der Waals surface area (Å²) in [5, 5.41) is 27.4. The molecule has 1 fully saturated rings. The average Bonchev–Trinajstić information content (AvgIpc) is 3.40. The van der Waals surface area contributed by atoms with Gasteiger partial charge in [0.15, 0.2) is 0 Å². The zero-order chi connectivity index (χ0) is 22.5. The molecular weight excluding hydrogens is 409 g/mol. The summed E-state index contributed by atoms with van der Waals surface area (Å²) < 4.78 is 16.3. The van der Waals surface area contributed by atoms with Crippen LogP contribution < -0.4 is 5.32 Å². The third-order valence-electron chi connectivity index (χ3n) is 6.34. The fourth-order valence-electron chi connectivity index (χ4n) is 4.80. The summed E-state index contributed by atoms with van der Waals surface area (Å²) in [4.78, 5) is 17.0. The van der Waals surface area contributed by atoms with Gasteiger partial charge in [-0.15, -0.1) is 0 Å². The standard InChI is InChI=1S/C24H22FN5O2/c1-24(32)8-3-5-14(11-24)17-7-9-30(29-17)20-10-18(28-19-13-27-23(31)22(19)20)21-15(12-26)4-2-6-16(21)25/h2,4,6-7,9-10,14,32H,3,5,8,11,13H2,1H3,(H,27,31). The van der Waals surface area contributed by atoms with E-state index >= 15 is 0 Å². The van der Waals surface area contributed by atoms with Gasteiger partial charge >= 0.3 is 0 Å². The summed E-state index contributed by atoms with van der Waals surface area (Å²) >= 11 is 0. The third kappa shape index (κ3) is 3.45. The van der Waals surface area contributed by atoms with E-state index in [0.717, 1.165) is 25.0 Å². The second-order valence-electron chi connectivity index (χ2n) is 8.78. The Morgan fingerprint density at radius 2 is 2.19 bits per heavy atom. The molecule has 0 saturated heterocycles. The number of carbonyl (C=O) groups is 1. The first-order chi connectivity index (χ1) is 15.4. The van der Waals surface area contributed by atoms with Crippen LogP contribution in [0.2, 0.25) is 0 Å². The number of nitrogens with one attached hydrogen (secondary N) is 1. The Balaban J connectivity index is 1.62. The Labute approximate surface area is 184 Å². The van der Waals surface area contributed by atoms with Crippen molar-refractivity contribution in [2.45, 2.75) is 50.7 Å². The Hall–Kier alpha value is -3.57. The van der Waals surface area contributed by atoms with Crippen LogP contribution in [0.4, 0.5) is 4.39 Å². The highest BCUT2D eigenvalue weighted by Crippen LogP contribution is 2.38. The number of nitrogens with zero attached hydrogens (tertiary/aromatic N) is 4. The number of hydrogen-bond acceptors (Lipinski definition) is 5. The smallest absolute Gasteiger partial charge is 0.255 e. The fraction of sp³-hybridized carbons (Fsp3) is 0.333. The molecule has 1 aromatic carbocycles. The molecule has 8 heteroatoms. The average molecular weight is 431 g/mol. The lowest BCUT2D eigenvalue weighted by Crippen LogP contribution is -2.31. The lowest BCUT2D eigenvalue weighted by Gasteiger charge is -2.33. The minimum Gasteiger partial charge on any atom is -0.390 e. The topological polar surface area (TPSA) is 104 Å². The van der Waals surface area contributed by atoms with Gasteiger partial charge in [0.25, 0.3) is 5.91 Å². The molecule has 2 aliphatic rings. The van der Waals surface area contributed by atoms with Crippen molar-refractivity contribution in [3.8, 4) is 23.0 Å². The van der Waals surface area contributed by atoms with Crippen molar-refractivity contribution in [1.82, 2.24) is 20.1 Å². The van der Waals surface area contributed by atoms with Crippen LogP contribution in [0.5, 0.6) is 0 Å². The molecular formula is C24H22FN5O2. The number of halogens is 1. The maximum absolute atomic E-state index is 14.7. The maximum atomic E-state index is 14.7. The number of fused-ring (bicyclic) bond motifs is 1. The molecule has 1 amide bonds. The molecule has 162 valence electrons. The molecule has 1 saturated carbocycles. The summed E-state index contributed by atoms with van der Waals surface area (Å²) in [6.45, 7) is 2.08. The molecule has 2 N–H and O–H groups in total. The first-order valence-corrected chi connectivity index (χ1v) is 10.7. The van der Waals surface area contributed by atoms with Crippen molar-refractivity contribution >= 4 is 5.91 Å². The van der Waals surface area contributed by atoms with E-state index in [1.165, 1.54) is 18.2 Å². The summed E-state index contributed by atoms with van der Waals surface area (Å²) in [6.07, 6.45) is 5.04. The highest BCUT2D eigenvalue weighted by Gasteiger charge is 2.33. The molecule has 5 rings (SSSR count). The number of rotatable bonds is 3. The van der Waals surface area contributed by atoms with Crippen molar-refractivity contribution < 1.29 is 14.3 Å². The second kappa shape index (κ2) is 7.53. The number of aliphatic hydroxyl groups is 1. The number of hydrogen-bond donors (Lipinski definition) is 2. The summed E-state index contributed by atoms with van der Waals surface area (Å²) in [6, 6.07) is 9.83. The zero-order valence-electron chi connectivity index (χ0n) is 17.6. The van der Waals surface area contributed by atoms with E-state index in [2.05, 4.69) is 10.3 Å². The second-order valence-corrected chi connectivity index (χ2v) is 8.78. The van der Waals surface area contributed by atoms with Gasteiger partial charge in [-0.05, 0) is 56.9 Å². The van der Waals surface area contributed by atoms with Crippen LogP contribution in [0.15, 0.2) is 36.5 Å². The van der Waals surface area contributed by atoms with Gasteiger partial charge in [-0.1, -0.05) is 6.07 Å². The van der Waals surface area contributed by atoms with Crippen LogP contribution in [-0.2, 0) is 6.54 Å². The quantitative estimate of drug-likeness (QED) is 0.660. The minimum absolute atomic E-state index is 0.106. The van der Waals surface area contributed by atoms with E-state index in [1.807, 2.05) is 19.1 Å². The van der Waals surface area contributed by atoms with Crippen LogP contribution in [0, 0.1) is 17.1 Å². The molecule has 3 aromatic rings. The monoisotopic (exact) mass is 431 g/mol. The van der Waals surface area contributed by atoms with E-state index in [-0.39, 0.29) is 35.2 Å². The first kappa shape index (κ1) is 20.3. The van der Waals surface area contributed by atoms with Crippen LogP contribution in [0.3, 0.4) is 0 Å². The Bertz CT molecular complexity index is 1270.